The molecule has 0 spiro atoms. The van der Waals surface area contributed by atoms with Crippen LogP contribution in [-0.2, 0) is 0 Å². The van der Waals surface area contributed by atoms with Gasteiger partial charge in [0.2, 0.25) is 5.75 Å². The van der Waals surface area contributed by atoms with Crippen LogP contribution in [0, 0.1) is 0 Å². The third kappa shape index (κ3) is 4.34. The predicted molar refractivity (Wildman–Crippen MR) is 116 cm³/mol. The molecule has 0 bridgehead atoms. The first kappa shape index (κ1) is 20.6. The third-order valence-electron chi connectivity index (χ3n) is 5.31. The zero-order chi connectivity index (χ0) is 21.0. The Morgan fingerprint density at radius 1 is 1.07 bits per heavy atom. The van der Waals surface area contributed by atoms with Gasteiger partial charge in [0.25, 0.3) is 5.91 Å². The van der Waals surface area contributed by atoms with E-state index in [0.29, 0.717) is 40.2 Å². The molecule has 3 rings (SSSR count). The highest BCUT2D eigenvalue weighted by Gasteiger charge is 2.23. The van der Waals surface area contributed by atoms with Crippen LogP contribution in [0.15, 0.2) is 30.3 Å². The van der Waals surface area contributed by atoms with E-state index < -0.39 is 0 Å². The molecule has 0 saturated carbocycles. The van der Waals surface area contributed by atoms with Crippen LogP contribution in [0.5, 0.6) is 17.2 Å². The Balaban J connectivity index is 1.94. The number of ether oxygens (including phenoxy) is 3. The normalized spacial score (nSPS) is 16.3. The summed E-state index contributed by atoms with van der Waals surface area (Å²) >= 11 is 0. The maximum absolute atomic E-state index is 13.1. The van der Waals surface area contributed by atoms with Crippen LogP contribution < -0.4 is 30.2 Å². The molecule has 156 valence electrons. The number of carbonyl (C=O) groups is 1. The molecule has 0 aliphatic carbocycles. The molecule has 0 aromatic heterocycles. The summed E-state index contributed by atoms with van der Waals surface area (Å²) in [6.45, 7) is 3.17. The number of nitrogens with one attached hydrogen (secondary N) is 1. The fourth-order valence-corrected chi connectivity index (χ4v) is 3.77. The van der Waals surface area contributed by atoms with Crippen LogP contribution in [-0.4, -0.2) is 39.8 Å². The molecule has 29 heavy (non-hydrogen) atoms. The summed E-state index contributed by atoms with van der Waals surface area (Å²) in [5, 5.41) is 3.01. The average Bonchev–Trinajstić information content (AvgIpc) is 2.73. The monoisotopic (exact) mass is 399 g/mol. The van der Waals surface area contributed by atoms with Gasteiger partial charge in [-0.2, -0.15) is 0 Å². The summed E-state index contributed by atoms with van der Waals surface area (Å²) in [5.74, 6) is 1.02. The van der Waals surface area contributed by atoms with Crippen molar-refractivity contribution >= 4 is 23.0 Å². The second-order valence-corrected chi connectivity index (χ2v) is 7.18. The SMILES string of the molecule is COc1cc(C(=O)Nc2cc(N)ccc2N2CCCC[C@H]2C)cc(OC)c1OC. The number of carbonyl (C=O) groups excluding carboxylic acids is 1. The molecule has 7 nitrogen and oxygen atoms in total. The maximum atomic E-state index is 13.1. The number of methoxy groups -OCH3 is 3. The van der Waals surface area contributed by atoms with Gasteiger partial charge in [0.05, 0.1) is 32.7 Å². The van der Waals surface area contributed by atoms with Gasteiger partial charge < -0.3 is 30.2 Å². The van der Waals surface area contributed by atoms with E-state index in [1.807, 2.05) is 12.1 Å². The molecule has 7 heteroatoms. The predicted octanol–water partition coefficient (Wildman–Crippen LogP) is 3.93. The molecule has 0 radical (unpaired) electrons. The number of nitrogens with two attached hydrogens (primary N) is 1. The van der Waals surface area contributed by atoms with Crippen LogP contribution in [0.3, 0.4) is 0 Å². The number of anilines is 3. The van der Waals surface area contributed by atoms with Crippen molar-refractivity contribution in [2.75, 3.05) is 43.8 Å². The summed E-state index contributed by atoms with van der Waals surface area (Å²) in [4.78, 5) is 15.4. The summed E-state index contributed by atoms with van der Waals surface area (Å²) in [6.07, 6.45) is 3.49. The number of rotatable bonds is 6. The number of hydrogen-bond acceptors (Lipinski definition) is 6. The number of amides is 1. The Bertz CT molecular complexity index is 859. The van der Waals surface area contributed by atoms with Crippen molar-refractivity contribution in [3.8, 4) is 17.2 Å². The van der Waals surface area contributed by atoms with E-state index in [2.05, 4.69) is 17.1 Å². The van der Waals surface area contributed by atoms with E-state index in [-0.39, 0.29) is 5.91 Å². The van der Waals surface area contributed by atoms with E-state index in [1.54, 1.807) is 18.2 Å². The highest BCUT2D eigenvalue weighted by Crippen LogP contribution is 2.39. The van der Waals surface area contributed by atoms with E-state index in [1.165, 1.54) is 27.8 Å². The number of nitrogens with zero attached hydrogens (tertiary/aromatic N) is 1. The molecule has 1 aliphatic heterocycles. The van der Waals surface area contributed by atoms with E-state index in [0.717, 1.165) is 25.1 Å². The Labute approximate surface area is 171 Å². The van der Waals surface area contributed by atoms with E-state index in [4.69, 9.17) is 19.9 Å². The minimum atomic E-state index is -0.277. The van der Waals surface area contributed by atoms with Crippen molar-refractivity contribution in [3.05, 3.63) is 35.9 Å². The highest BCUT2D eigenvalue weighted by molar-refractivity contribution is 6.07. The lowest BCUT2D eigenvalue weighted by molar-refractivity contribution is 0.102. The fraction of sp³-hybridized carbons (Fsp3) is 0.409. The first-order valence-corrected chi connectivity index (χ1v) is 9.76. The van der Waals surface area contributed by atoms with Gasteiger partial charge in [-0.25, -0.2) is 0 Å². The van der Waals surface area contributed by atoms with Crippen LogP contribution in [0.25, 0.3) is 0 Å². The summed E-state index contributed by atoms with van der Waals surface area (Å²) < 4.78 is 16.0. The van der Waals surface area contributed by atoms with E-state index in [9.17, 15) is 4.79 Å². The zero-order valence-corrected chi connectivity index (χ0v) is 17.5. The summed E-state index contributed by atoms with van der Waals surface area (Å²) in [5.41, 5.74) is 8.68. The Kier molecular flexibility index (Phi) is 6.36. The first-order chi connectivity index (χ1) is 14.0. The minimum absolute atomic E-state index is 0.277. The second-order valence-electron chi connectivity index (χ2n) is 7.18. The zero-order valence-electron chi connectivity index (χ0n) is 17.5. The molecule has 1 heterocycles. The molecular formula is C22H29N3O4. The molecule has 3 N–H and O–H groups in total. The van der Waals surface area contributed by atoms with Gasteiger partial charge >= 0.3 is 0 Å². The lowest BCUT2D eigenvalue weighted by Crippen LogP contribution is -2.38. The topological polar surface area (TPSA) is 86.0 Å². The summed E-state index contributed by atoms with van der Waals surface area (Å²) in [7, 11) is 4.57. The van der Waals surface area contributed by atoms with Crippen molar-refractivity contribution in [3.63, 3.8) is 0 Å². The standard InChI is InChI=1S/C22H29N3O4/c1-14-7-5-6-10-25(14)18-9-8-16(23)13-17(18)24-22(26)15-11-19(27-2)21(29-4)20(12-15)28-3/h8-9,11-14H,5-7,10,23H2,1-4H3,(H,24,26)/t14-/m1/s1. The number of benzene rings is 2. The molecule has 1 atom stereocenters. The fourth-order valence-electron chi connectivity index (χ4n) is 3.77. The van der Waals surface area contributed by atoms with Crippen LogP contribution in [0.1, 0.15) is 36.5 Å². The van der Waals surface area contributed by atoms with Crippen molar-refractivity contribution in [2.24, 2.45) is 0 Å². The van der Waals surface area contributed by atoms with Crippen molar-refractivity contribution < 1.29 is 19.0 Å². The third-order valence-corrected chi connectivity index (χ3v) is 5.31. The van der Waals surface area contributed by atoms with Gasteiger partial charge in [-0.05, 0) is 56.5 Å². The molecule has 0 unspecified atom stereocenters. The molecule has 1 saturated heterocycles. The minimum Gasteiger partial charge on any atom is -0.493 e. The molecule has 1 aliphatic rings. The van der Waals surface area contributed by atoms with Crippen LogP contribution in [0.4, 0.5) is 17.1 Å². The van der Waals surface area contributed by atoms with Crippen LogP contribution >= 0.6 is 0 Å². The van der Waals surface area contributed by atoms with Gasteiger partial charge in [-0.15, -0.1) is 0 Å². The molecule has 2 aromatic carbocycles. The number of hydrogen-bond donors (Lipinski definition) is 2. The first-order valence-electron chi connectivity index (χ1n) is 9.76. The smallest absolute Gasteiger partial charge is 0.255 e. The molecular weight excluding hydrogens is 370 g/mol. The van der Waals surface area contributed by atoms with Gasteiger partial charge in [-0.3, -0.25) is 4.79 Å². The lowest BCUT2D eigenvalue weighted by atomic mass is 10.0. The second kappa shape index (κ2) is 8.94. The average molecular weight is 399 g/mol. The van der Waals surface area contributed by atoms with E-state index >= 15 is 0 Å². The van der Waals surface area contributed by atoms with Gasteiger partial charge in [0, 0.05) is 23.8 Å². The lowest BCUT2D eigenvalue weighted by Gasteiger charge is -2.36. The largest absolute Gasteiger partial charge is 0.493 e. The van der Waals surface area contributed by atoms with Crippen molar-refractivity contribution in [1.82, 2.24) is 0 Å². The molecule has 2 aromatic rings. The van der Waals surface area contributed by atoms with Gasteiger partial charge in [0.1, 0.15) is 0 Å². The molecule has 1 amide bonds. The summed E-state index contributed by atoms with van der Waals surface area (Å²) in [6, 6.07) is 9.31. The maximum Gasteiger partial charge on any atom is 0.255 e. The Morgan fingerprint density at radius 2 is 1.76 bits per heavy atom. The van der Waals surface area contributed by atoms with Gasteiger partial charge in [0.15, 0.2) is 11.5 Å². The Hall–Kier alpha value is -3.09. The molecule has 1 fully saturated rings. The van der Waals surface area contributed by atoms with Crippen LogP contribution in [0.2, 0.25) is 0 Å². The quantitative estimate of drug-likeness (QED) is 0.716. The number of nitrogen functional groups attached to an aromatic ring is 1. The van der Waals surface area contributed by atoms with Crippen molar-refractivity contribution in [1.29, 1.82) is 0 Å². The van der Waals surface area contributed by atoms with Crippen molar-refractivity contribution in [2.45, 2.75) is 32.2 Å². The highest BCUT2D eigenvalue weighted by atomic mass is 16.5. The Morgan fingerprint density at radius 3 is 2.34 bits per heavy atom. The number of piperidine rings is 1. The van der Waals surface area contributed by atoms with Gasteiger partial charge in [-0.1, -0.05) is 0 Å².